The number of rotatable bonds is 7. The number of benzene rings is 1. The number of sulfonamides is 1. The van der Waals surface area contributed by atoms with Gasteiger partial charge in [-0.25, -0.2) is 18.4 Å². The van der Waals surface area contributed by atoms with Crippen LogP contribution in [0.1, 0.15) is 23.2 Å². The Morgan fingerprint density at radius 2 is 2.16 bits per heavy atom. The zero-order valence-electron chi connectivity index (χ0n) is 13.7. The fraction of sp³-hybridized carbons (Fsp3) is 0.467. The Morgan fingerprint density at radius 3 is 2.76 bits per heavy atom. The van der Waals surface area contributed by atoms with Crippen LogP contribution in [0.15, 0.2) is 23.1 Å². The second kappa shape index (κ2) is 8.28. The summed E-state index contributed by atoms with van der Waals surface area (Å²) >= 11 is 0. The van der Waals surface area contributed by atoms with Crippen LogP contribution >= 0.6 is 0 Å². The van der Waals surface area contributed by atoms with E-state index in [0.717, 1.165) is 18.9 Å². The van der Waals surface area contributed by atoms with Gasteiger partial charge in [0.2, 0.25) is 10.0 Å². The van der Waals surface area contributed by atoms with E-state index in [2.05, 4.69) is 5.32 Å². The van der Waals surface area contributed by atoms with Gasteiger partial charge in [-0.05, 0) is 31.0 Å². The Morgan fingerprint density at radius 1 is 1.40 bits per heavy atom. The fourth-order valence-corrected chi connectivity index (χ4v) is 2.86. The summed E-state index contributed by atoms with van der Waals surface area (Å²) in [6.07, 6.45) is 1.80. The van der Waals surface area contributed by atoms with E-state index in [1.54, 1.807) is 0 Å². The highest BCUT2D eigenvalue weighted by Gasteiger charge is 2.20. The molecule has 3 N–H and O–H groups in total. The SMILES string of the molecule is COc1ccc(S(N)(=O)=O)cc1C(=O)OCC(=O)NC[C@H]1CCCO1. The van der Waals surface area contributed by atoms with E-state index < -0.39 is 28.5 Å². The smallest absolute Gasteiger partial charge is 0.342 e. The molecule has 2 rings (SSSR count). The lowest BCUT2D eigenvalue weighted by Crippen LogP contribution is -2.34. The molecular formula is C15H20N2O7S. The van der Waals surface area contributed by atoms with Crippen LogP contribution in [-0.4, -0.2) is 53.3 Å². The van der Waals surface area contributed by atoms with Gasteiger partial charge in [-0.2, -0.15) is 0 Å². The van der Waals surface area contributed by atoms with E-state index in [1.807, 2.05) is 0 Å². The number of esters is 1. The van der Waals surface area contributed by atoms with Gasteiger partial charge in [-0.15, -0.1) is 0 Å². The van der Waals surface area contributed by atoms with Crippen molar-refractivity contribution in [2.75, 3.05) is 26.9 Å². The van der Waals surface area contributed by atoms with Crippen molar-refractivity contribution >= 4 is 21.9 Å². The highest BCUT2D eigenvalue weighted by atomic mass is 32.2. The quantitative estimate of drug-likeness (QED) is 0.633. The van der Waals surface area contributed by atoms with Crippen LogP contribution in [0.3, 0.4) is 0 Å². The van der Waals surface area contributed by atoms with E-state index in [-0.39, 0.29) is 22.3 Å². The number of carbonyl (C=O) groups excluding carboxylic acids is 2. The van der Waals surface area contributed by atoms with Crippen LogP contribution in [0.5, 0.6) is 5.75 Å². The second-order valence-corrected chi connectivity index (χ2v) is 6.98. The van der Waals surface area contributed by atoms with E-state index in [9.17, 15) is 18.0 Å². The summed E-state index contributed by atoms with van der Waals surface area (Å²) in [7, 11) is -2.67. The van der Waals surface area contributed by atoms with Crippen LogP contribution < -0.4 is 15.2 Å². The number of hydrogen-bond acceptors (Lipinski definition) is 7. The van der Waals surface area contributed by atoms with Gasteiger partial charge in [-0.3, -0.25) is 4.79 Å². The highest BCUT2D eigenvalue weighted by molar-refractivity contribution is 7.89. The molecular weight excluding hydrogens is 352 g/mol. The Hall–Kier alpha value is -2.17. The predicted octanol–water partition coefficient (Wildman–Crippen LogP) is -0.205. The number of primary sulfonamides is 1. The van der Waals surface area contributed by atoms with Crippen LogP contribution in [0.4, 0.5) is 0 Å². The predicted molar refractivity (Wildman–Crippen MR) is 86.6 cm³/mol. The summed E-state index contributed by atoms with van der Waals surface area (Å²) in [4.78, 5) is 23.6. The van der Waals surface area contributed by atoms with E-state index in [4.69, 9.17) is 19.3 Å². The molecule has 0 spiro atoms. The van der Waals surface area contributed by atoms with Crippen LogP contribution in [-0.2, 0) is 24.3 Å². The minimum Gasteiger partial charge on any atom is -0.496 e. The zero-order chi connectivity index (χ0) is 18.4. The molecule has 1 atom stereocenters. The first-order valence-corrected chi connectivity index (χ1v) is 9.12. The van der Waals surface area contributed by atoms with Gasteiger partial charge >= 0.3 is 5.97 Å². The van der Waals surface area contributed by atoms with Crippen molar-refractivity contribution in [1.82, 2.24) is 5.32 Å². The van der Waals surface area contributed by atoms with Gasteiger partial charge in [-0.1, -0.05) is 0 Å². The first kappa shape index (κ1) is 19.2. The number of hydrogen-bond donors (Lipinski definition) is 2. The molecule has 1 amide bonds. The number of nitrogens with two attached hydrogens (primary N) is 1. The molecule has 138 valence electrons. The van der Waals surface area contributed by atoms with Gasteiger partial charge in [0, 0.05) is 13.2 Å². The molecule has 1 heterocycles. The molecule has 1 aliphatic heterocycles. The average Bonchev–Trinajstić information content (AvgIpc) is 3.09. The lowest BCUT2D eigenvalue weighted by molar-refractivity contribution is -0.124. The van der Waals surface area contributed by atoms with Gasteiger partial charge in [0.1, 0.15) is 11.3 Å². The van der Waals surface area contributed by atoms with Gasteiger partial charge in [0.05, 0.1) is 18.1 Å². The molecule has 0 aliphatic carbocycles. The molecule has 1 fully saturated rings. The maximum Gasteiger partial charge on any atom is 0.342 e. The molecule has 9 nitrogen and oxygen atoms in total. The number of nitrogens with one attached hydrogen (secondary N) is 1. The molecule has 25 heavy (non-hydrogen) atoms. The summed E-state index contributed by atoms with van der Waals surface area (Å²) in [5.74, 6) is -1.27. The minimum atomic E-state index is -3.99. The van der Waals surface area contributed by atoms with Crippen molar-refractivity contribution < 1.29 is 32.2 Å². The Balaban J connectivity index is 1.96. The van der Waals surface area contributed by atoms with E-state index >= 15 is 0 Å². The number of methoxy groups -OCH3 is 1. The summed E-state index contributed by atoms with van der Waals surface area (Å²) in [5.41, 5.74) is -0.138. The third-order valence-corrected chi connectivity index (χ3v) is 4.52. The van der Waals surface area contributed by atoms with Crippen molar-refractivity contribution in [3.8, 4) is 5.75 Å². The normalized spacial score (nSPS) is 17.1. The lowest BCUT2D eigenvalue weighted by atomic mass is 10.2. The lowest BCUT2D eigenvalue weighted by Gasteiger charge is -2.12. The maximum absolute atomic E-state index is 12.1. The van der Waals surface area contributed by atoms with Crippen molar-refractivity contribution in [1.29, 1.82) is 0 Å². The molecule has 0 bridgehead atoms. The minimum absolute atomic E-state index is 0.0220. The average molecular weight is 372 g/mol. The number of carbonyl (C=O) groups is 2. The first-order chi connectivity index (χ1) is 11.8. The molecule has 0 radical (unpaired) electrons. The van der Waals surface area contributed by atoms with Crippen molar-refractivity contribution in [2.45, 2.75) is 23.8 Å². The standard InChI is InChI=1S/C15H20N2O7S/c1-22-13-5-4-11(25(16,20)21)7-12(13)15(19)24-9-14(18)17-8-10-3-2-6-23-10/h4-5,7,10H,2-3,6,8-9H2,1H3,(H,17,18)(H2,16,20,21)/t10-/m1/s1. The fourth-order valence-electron chi connectivity index (χ4n) is 2.32. The van der Waals surface area contributed by atoms with E-state index in [0.29, 0.717) is 13.2 Å². The third-order valence-electron chi connectivity index (χ3n) is 3.60. The Labute approximate surface area is 145 Å². The molecule has 1 aromatic carbocycles. The summed E-state index contributed by atoms with van der Waals surface area (Å²) < 4.78 is 38.1. The topological polar surface area (TPSA) is 134 Å². The monoisotopic (exact) mass is 372 g/mol. The Bertz CT molecular complexity index is 742. The Kier molecular flexibility index (Phi) is 6.34. The molecule has 0 saturated carbocycles. The van der Waals surface area contributed by atoms with Crippen LogP contribution in [0, 0.1) is 0 Å². The number of amides is 1. The second-order valence-electron chi connectivity index (χ2n) is 5.42. The van der Waals surface area contributed by atoms with Gasteiger partial charge in [0.15, 0.2) is 6.61 Å². The largest absolute Gasteiger partial charge is 0.496 e. The van der Waals surface area contributed by atoms with E-state index in [1.165, 1.54) is 19.2 Å². The summed E-state index contributed by atoms with van der Waals surface area (Å²) in [6.45, 7) is 0.518. The van der Waals surface area contributed by atoms with Gasteiger partial charge < -0.3 is 19.5 Å². The third kappa shape index (κ3) is 5.41. The highest BCUT2D eigenvalue weighted by Crippen LogP contribution is 2.22. The number of ether oxygens (including phenoxy) is 3. The molecule has 1 aromatic rings. The van der Waals surface area contributed by atoms with Crippen molar-refractivity contribution in [3.63, 3.8) is 0 Å². The maximum atomic E-state index is 12.1. The summed E-state index contributed by atoms with van der Waals surface area (Å²) in [5, 5.41) is 7.65. The molecule has 0 unspecified atom stereocenters. The zero-order valence-corrected chi connectivity index (χ0v) is 14.5. The van der Waals surface area contributed by atoms with Crippen molar-refractivity contribution in [2.24, 2.45) is 5.14 Å². The molecule has 10 heteroatoms. The van der Waals surface area contributed by atoms with Crippen LogP contribution in [0.2, 0.25) is 0 Å². The summed E-state index contributed by atoms with van der Waals surface area (Å²) in [6, 6.07) is 3.54. The van der Waals surface area contributed by atoms with Gasteiger partial charge in [0.25, 0.3) is 5.91 Å². The molecule has 1 aliphatic rings. The molecule has 1 saturated heterocycles. The first-order valence-electron chi connectivity index (χ1n) is 7.57. The van der Waals surface area contributed by atoms with Crippen LogP contribution in [0.25, 0.3) is 0 Å². The molecule has 0 aromatic heterocycles. The van der Waals surface area contributed by atoms with Crippen molar-refractivity contribution in [3.05, 3.63) is 23.8 Å².